The molecule has 0 unspecified atom stereocenters. The number of nitrogens with zero attached hydrogens (tertiary/aromatic N) is 2. The molecule has 0 aliphatic rings. The van der Waals surface area contributed by atoms with E-state index in [-0.39, 0.29) is 5.57 Å². The lowest BCUT2D eigenvalue weighted by molar-refractivity contribution is -0.112. The van der Waals surface area contributed by atoms with Gasteiger partial charge in [-0.15, -0.1) is 0 Å². The number of carbonyl (C=O) groups excluding carboxylic acids is 1. The van der Waals surface area contributed by atoms with Gasteiger partial charge in [0.1, 0.15) is 11.6 Å². The molecule has 27 heavy (non-hydrogen) atoms. The van der Waals surface area contributed by atoms with Crippen LogP contribution in [0, 0.1) is 25.2 Å². The molecule has 1 amide bonds. The molecule has 0 saturated heterocycles. The Morgan fingerprint density at radius 1 is 1.11 bits per heavy atom. The lowest BCUT2D eigenvalue weighted by atomic mass is 10.1. The molecule has 0 bridgehead atoms. The van der Waals surface area contributed by atoms with E-state index in [9.17, 15) is 10.1 Å². The van der Waals surface area contributed by atoms with Gasteiger partial charge in [0, 0.05) is 21.5 Å². The van der Waals surface area contributed by atoms with Crippen molar-refractivity contribution in [1.29, 1.82) is 5.26 Å². The molecule has 0 atom stereocenters. The highest BCUT2D eigenvalue weighted by molar-refractivity contribution is 9.10. The first-order valence-electron chi connectivity index (χ1n) is 8.43. The topological polar surface area (TPSA) is 57.8 Å². The number of nitriles is 1. The molecular formula is C22H18BrN3O. The molecule has 0 aliphatic carbocycles. The molecular weight excluding hydrogens is 402 g/mol. The summed E-state index contributed by atoms with van der Waals surface area (Å²) in [6.45, 7) is 3.97. The van der Waals surface area contributed by atoms with Crippen LogP contribution in [0.3, 0.4) is 0 Å². The number of benzene rings is 2. The Bertz CT molecular complexity index is 1060. The first kappa shape index (κ1) is 18.7. The third-order valence-electron chi connectivity index (χ3n) is 4.26. The molecule has 3 aromatic rings. The quantitative estimate of drug-likeness (QED) is 0.454. The van der Waals surface area contributed by atoms with E-state index in [2.05, 4.69) is 25.8 Å². The summed E-state index contributed by atoms with van der Waals surface area (Å²) >= 11 is 3.58. The first-order valence-corrected chi connectivity index (χ1v) is 9.22. The van der Waals surface area contributed by atoms with Crippen molar-refractivity contribution >= 4 is 33.6 Å². The molecule has 0 spiro atoms. The average Bonchev–Trinajstić information content (AvgIpc) is 2.94. The smallest absolute Gasteiger partial charge is 0.266 e. The van der Waals surface area contributed by atoms with Crippen molar-refractivity contribution in [3.8, 4) is 11.8 Å². The molecule has 2 aromatic carbocycles. The standard InChI is InChI=1S/C22H18BrN3O/c1-15-12-17(16(2)26(15)21-11-7-6-10-20(21)23)13-18(14-24)22(27)25-19-8-4-3-5-9-19/h3-13H,1-2H3,(H,25,27)/b18-13-. The number of carbonyl (C=O) groups is 1. The lowest BCUT2D eigenvalue weighted by Gasteiger charge is -2.11. The Morgan fingerprint density at radius 2 is 1.78 bits per heavy atom. The number of para-hydroxylation sites is 2. The monoisotopic (exact) mass is 419 g/mol. The minimum atomic E-state index is -0.422. The number of nitrogens with one attached hydrogen (secondary N) is 1. The van der Waals surface area contributed by atoms with Crippen LogP contribution in [-0.2, 0) is 4.79 Å². The van der Waals surface area contributed by atoms with Crippen LogP contribution in [0.15, 0.2) is 70.7 Å². The van der Waals surface area contributed by atoms with Crippen molar-refractivity contribution in [1.82, 2.24) is 4.57 Å². The molecule has 5 heteroatoms. The Labute approximate surface area is 166 Å². The number of amides is 1. The Balaban J connectivity index is 1.96. The largest absolute Gasteiger partial charge is 0.321 e. The summed E-state index contributed by atoms with van der Waals surface area (Å²) in [5, 5.41) is 12.2. The zero-order chi connectivity index (χ0) is 19.4. The maximum absolute atomic E-state index is 12.5. The summed E-state index contributed by atoms with van der Waals surface area (Å²) in [6, 6.07) is 21.0. The fourth-order valence-corrected chi connectivity index (χ4v) is 3.42. The maximum Gasteiger partial charge on any atom is 0.266 e. The van der Waals surface area contributed by atoms with Crippen LogP contribution in [0.2, 0.25) is 0 Å². The first-order chi connectivity index (χ1) is 13.0. The fraction of sp³-hybridized carbons (Fsp3) is 0.0909. The number of aromatic nitrogens is 1. The van der Waals surface area contributed by atoms with Gasteiger partial charge in [0.2, 0.25) is 0 Å². The molecule has 134 valence electrons. The van der Waals surface area contributed by atoms with Gasteiger partial charge in [-0.3, -0.25) is 4.79 Å². The van der Waals surface area contributed by atoms with Gasteiger partial charge in [-0.2, -0.15) is 5.26 Å². The molecule has 1 N–H and O–H groups in total. The van der Waals surface area contributed by atoms with E-state index in [1.165, 1.54) is 0 Å². The van der Waals surface area contributed by atoms with Gasteiger partial charge in [-0.05, 0) is 71.7 Å². The van der Waals surface area contributed by atoms with E-state index < -0.39 is 5.91 Å². The normalized spacial score (nSPS) is 11.1. The summed E-state index contributed by atoms with van der Waals surface area (Å²) in [6.07, 6.45) is 1.63. The van der Waals surface area contributed by atoms with Crippen molar-refractivity contribution in [3.05, 3.63) is 87.7 Å². The summed E-state index contributed by atoms with van der Waals surface area (Å²) in [7, 11) is 0. The highest BCUT2D eigenvalue weighted by Crippen LogP contribution is 2.27. The summed E-state index contributed by atoms with van der Waals surface area (Å²) in [5.74, 6) is -0.422. The number of anilines is 1. The minimum absolute atomic E-state index is 0.0613. The SMILES string of the molecule is Cc1cc(/C=C(/C#N)C(=O)Nc2ccccc2)c(C)n1-c1ccccc1Br. The molecule has 3 rings (SSSR count). The van der Waals surface area contributed by atoms with E-state index in [0.717, 1.165) is 27.1 Å². The van der Waals surface area contributed by atoms with Gasteiger partial charge < -0.3 is 9.88 Å². The second-order valence-electron chi connectivity index (χ2n) is 6.10. The van der Waals surface area contributed by atoms with E-state index in [1.807, 2.05) is 68.4 Å². The van der Waals surface area contributed by atoms with Gasteiger partial charge >= 0.3 is 0 Å². The number of hydrogen-bond donors (Lipinski definition) is 1. The predicted molar refractivity (Wildman–Crippen MR) is 112 cm³/mol. The molecule has 1 heterocycles. The van der Waals surface area contributed by atoms with Crippen LogP contribution in [0.25, 0.3) is 11.8 Å². The molecule has 0 aliphatic heterocycles. The average molecular weight is 420 g/mol. The van der Waals surface area contributed by atoms with Crippen molar-refractivity contribution < 1.29 is 4.79 Å². The van der Waals surface area contributed by atoms with Crippen molar-refractivity contribution in [2.45, 2.75) is 13.8 Å². The summed E-state index contributed by atoms with van der Waals surface area (Å²) in [5.41, 5.74) is 4.54. The van der Waals surface area contributed by atoms with Crippen LogP contribution in [-0.4, -0.2) is 10.5 Å². The predicted octanol–water partition coefficient (Wildman–Crippen LogP) is 5.40. The molecule has 0 radical (unpaired) electrons. The number of hydrogen-bond acceptors (Lipinski definition) is 2. The Hall–Kier alpha value is -3.10. The van der Waals surface area contributed by atoms with Gasteiger partial charge in [0.15, 0.2) is 0 Å². The van der Waals surface area contributed by atoms with E-state index in [0.29, 0.717) is 5.69 Å². The molecule has 0 fully saturated rings. The third kappa shape index (κ3) is 4.02. The Kier molecular flexibility index (Phi) is 5.58. The highest BCUT2D eigenvalue weighted by Gasteiger charge is 2.15. The number of aryl methyl sites for hydroxylation is 1. The van der Waals surface area contributed by atoms with Crippen LogP contribution >= 0.6 is 15.9 Å². The zero-order valence-electron chi connectivity index (χ0n) is 15.0. The van der Waals surface area contributed by atoms with Gasteiger partial charge in [-0.1, -0.05) is 30.3 Å². The highest BCUT2D eigenvalue weighted by atomic mass is 79.9. The van der Waals surface area contributed by atoms with Crippen molar-refractivity contribution in [3.63, 3.8) is 0 Å². The summed E-state index contributed by atoms with van der Waals surface area (Å²) < 4.78 is 3.07. The van der Waals surface area contributed by atoms with Crippen LogP contribution < -0.4 is 5.32 Å². The third-order valence-corrected chi connectivity index (χ3v) is 4.93. The Morgan fingerprint density at radius 3 is 2.44 bits per heavy atom. The number of rotatable bonds is 4. The van der Waals surface area contributed by atoms with E-state index in [1.54, 1.807) is 18.2 Å². The fourth-order valence-electron chi connectivity index (χ4n) is 2.96. The number of halogens is 1. The van der Waals surface area contributed by atoms with Gasteiger partial charge in [-0.25, -0.2) is 0 Å². The van der Waals surface area contributed by atoms with Crippen molar-refractivity contribution in [2.75, 3.05) is 5.32 Å². The maximum atomic E-state index is 12.5. The second-order valence-corrected chi connectivity index (χ2v) is 6.96. The molecule has 1 aromatic heterocycles. The van der Waals surface area contributed by atoms with E-state index in [4.69, 9.17) is 0 Å². The van der Waals surface area contributed by atoms with Crippen LogP contribution in [0.5, 0.6) is 0 Å². The summed E-state index contributed by atoms with van der Waals surface area (Å²) in [4.78, 5) is 12.5. The zero-order valence-corrected chi connectivity index (χ0v) is 16.6. The molecule has 4 nitrogen and oxygen atoms in total. The second kappa shape index (κ2) is 8.07. The van der Waals surface area contributed by atoms with Crippen LogP contribution in [0.4, 0.5) is 5.69 Å². The lowest BCUT2D eigenvalue weighted by Crippen LogP contribution is -2.13. The van der Waals surface area contributed by atoms with Crippen LogP contribution in [0.1, 0.15) is 17.0 Å². The minimum Gasteiger partial charge on any atom is -0.321 e. The van der Waals surface area contributed by atoms with Gasteiger partial charge in [0.05, 0.1) is 5.69 Å². The van der Waals surface area contributed by atoms with Crippen molar-refractivity contribution in [2.24, 2.45) is 0 Å². The van der Waals surface area contributed by atoms with Gasteiger partial charge in [0.25, 0.3) is 5.91 Å². The van der Waals surface area contributed by atoms with E-state index >= 15 is 0 Å². The molecule has 0 saturated carbocycles.